The van der Waals surface area contributed by atoms with Crippen molar-refractivity contribution < 1.29 is 46.9 Å². The predicted molar refractivity (Wildman–Crippen MR) is 249 cm³/mol. The normalized spacial score (nSPS) is 21.1. The zero-order valence-electron chi connectivity index (χ0n) is 39.1. The zero-order chi connectivity index (χ0) is 48.1. The molecule has 10 rings (SSSR count). The quantitative estimate of drug-likeness (QED) is 0.0987. The monoisotopic (exact) mass is 945 g/mol. The van der Waals surface area contributed by atoms with Gasteiger partial charge in [0.1, 0.15) is 41.4 Å². The fraction of sp³-hybridized carbons (Fsp3) is 0.440. The van der Waals surface area contributed by atoms with Gasteiger partial charge in [0.15, 0.2) is 5.76 Å². The van der Waals surface area contributed by atoms with E-state index in [1.165, 1.54) is 19.1 Å². The van der Waals surface area contributed by atoms with E-state index in [0.717, 1.165) is 57.6 Å². The fourth-order valence-corrected chi connectivity index (χ4v) is 10.4. The van der Waals surface area contributed by atoms with E-state index in [4.69, 9.17) is 28.3 Å². The SMILES string of the molecule is COC(=O)N[C@H](C(=O)N1CCC[C@H]1c1ncc(-c2ccc3c(c2)OC(c2ccc(C)o2)n2c-3cc3cc(-c4cnc([C@@H]5C[C@@H](F)CN5C(=O)[C@@H](NC(=O)OC)C5CCOCC5)[nH]4)ccc32)[nH]1)C(C)C. The Kier molecular flexibility index (Phi) is 12.4. The summed E-state index contributed by atoms with van der Waals surface area (Å²) in [5, 5.41) is 6.35. The number of halogens is 1. The van der Waals surface area contributed by atoms with Gasteiger partial charge in [0.05, 0.1) is 67.8 Å². The Morgan fingerprint density at radius 1 is 0.826 bits per heavy atom. The number of nitrogens with one attached hydrogen (secondary N) is 4. The number of alkyl halides is 1. The lowest BCUT2D eigenvalue weighted by Crippen LogP contribution is -2.53. The number of alkyl carbamates (subject to hydrolysis) is 2. The van der Waals surface area contributed by atoms with Crippen molar-refractivity contribution in [1.82, 2.24) is 44.9 Å². The number of imidazole rings is 2. The van der Waals surface area contributed by atoms with Gasteiger partial charge in [-0.15, -0.1) is 0 Å². The van der Waals surface area contributed by atoms with Gasteiger partial charge < -0.3 is 53.8 Å². The Balaban J connectivity index is 0.931. The third-order valence-electron chi connectivity index (χ3n) is 13.9. The summed E-state index contributed by atoms with van der Waals surface area (Å²) in [5.74, 6) is 2.24. The number of hydrogen-bond acceptors (Lipinski definition) is 11. The van der Waals surface area contributed by atoms with Crippen LogP contribution in [0.25, 0.3) is 44.7 Å². The smallest absolute Gasteiger partial charge is 0.407 e. The van der Waals surface area contributed by atoms with Crippen LogP contribution in [0.5, 0.6) is 5.75 Å². The Bertz CT molecular complexity index is 2900. The Morgan fingerprint density at radius 2 is 1.52 bits per heavy atom. The number of fused-ring (bicyclic) bond motifs is 5. The number of ether oxygens (including phenoxy) is 4. The molecule has 0 spiro atoms. The number of rotatable bonds is 11. The molecule has 4 N–H and O–H groups in total. The number of H-pyrrole nitrogens is 2. The van der Waals surface area contributed by atoms with Crippen LogP contribution in [-0.4, -0.2) is 117 Å². The number of aryl methyl sites for hydroxylation is 1. The molecule has 69 heavy (non-hydrogen) atoms. The molecule has 0 saturated carbocycles. The van der Waals surface area contributed by atoms with Gasteiger partial charge in [-0.1, -0.05) is 26.0 Å². The molecule has 6 atom stereocenters. The second kappa shape index (κ2) is 18.7. The largest absolute Gasteiger partial charge is 0.462 e. The van der Waals surface area contributed by atoms with E-state index in [9.17, 15) is 19.2 Å². The number of methoxy groups -OCH3 is 2. The molecule has 4 aliphatic rings. The molecular weight excluding hydrogens is 890 g/mol. The van der Waals surface area contributed by atoms with Crippen molar-refractivity contribution in [2.75, 3.05) is 40.5 Å². The van der Waals surface area contributed by atoms with Crippen LogP contribution in [0.1, 0.15) is 87.4 Å². The first kappa shape index (κ1) is 45.6. The van der Waals surface area contributed by atoms with Crippen molar-refractivity contribution in [1.29, 1.82) is 0 Å². The number of carbonyl (C=O) groups excluding carboxylic acids is 4. The highest BCUT2D eigenvalue weighted by molar-refractivity contribution is 5.93. The molecule has 0 aliphatic carbocycles. The van der Waals surface area contributed by atoms with Crippen LogP contribution in [0.15, 0.2) is 71.4 Å². The first-order chi connectivity index (χ1) is 33.4. The second-order valence-electron chi connectivity index (χ2n) is 18.6. The third kappa shape index (κ3) is 8.68. The maximum absolute atomic E-state index is 15.3. The molecule has 4 amide bonds. The van der Waals surface area contributed by atoms with Gasteiger partial charge >= 0.3 is 12.2 Å². The molecule has 3 saturated heterocycles. The topological polar surface area (TPSA) is 211 Å². The lowest BCUT2D eigenvalue weighted by atomic mass is 9.90. The summed E-state index contributed by atoms with van der Waals surface area (Å²) in [6.45, 7) is 7.02. The van der Waals surface area contributed by atoms with Gasteiger partial charge in [0.2, 0.25) is 18.0 Å². The number of hydrogen-bond donors (Lipinski definition) is 4. The molecule has 6 aromatic rings. The van der Waals surface area contributed by atoms with E-state index in [-0.39, 0.29) is 42.7 Å². The maximum Gasteiger partial charge on any atom is 0.407 e. The number of carbonyl (C=O) groups is 4. The molecule has 3 fully saturated rings. The molecule has 4 aromatic heterocycles. The number of nitrogens with zero attached hydrogens (tertiary/aromatic N) is 5. The molecule has 8 heterocycles. The van der Waals surface area contributed by atoms with Crippen molar-refractivity contribution in [3.63, 3.8) is 0 Å². The Hall–Kier alpha value is -7.15. The molecule has 0 bridgehead atoms. The summed E-state index contributed by atoms with van der Waals surface area (Å²) >= 11 is 0. The van der Waals surface area contributed by atoms with Crippen molar-refractivity contribution in [2.24, 2.45) is 11.8 Å². The highest BCUT2D eigenvalue weighted by Crippen LogP contribution is 2.47. The average Bonchev–Trinajstić information content (AvgIpc) is 4.23. The van der Waals surface area contributed by atoms with Gasteiger partial charge in [0, 0.05) is 48.3 Å². The lowest BCUT2D eigenvalue weighted by molar-refractivity contribution is -0.137. The number of benzene rings is 2. The Morgan fingerprint density at radius 3 is 2.22 bits per heavy atom. The van der Waals surface area contributed by atoms with E-state index < -0.39 is 42.7 Å². The van der Waals surface area contributed by atoms with Crippen LogP contribution in [0, 0.1) is 18.8 Å². The summed E-state index contributed by atoms with van der Waals surface area (Å²) in [6.07, 6.45) is 2.93. The number of amides is 4. The van der Waals surface area contributed by atoms with Crippen molar-refractivity contribution >= 4 is 34.9 Å². The highest BCUT2D eigenvalue weighted by Gasteiger charge is 2.44. The number of aromatic amines is 2. The van der Waals surface area contributed by atoms with E-state index in [1.54, 1.807) is 17.3 Å². The van der Waals surface area contributed by atoms with E-state index in [1.807, 2.05) is 63.2 Å². The average molecular weight is 946 g/mol. The van der Waals surface area contributed by atoms with Crippen LogP contribution in [0.4, 0.5) is 14.0 Å². The minimum atomic E-state index is -1.27. The van der Waals surface area contributed by atoms with Crippen LogP contribution in [0.2, 0.25) is 0 Å². The van der Waals surface area contributed by atoms with Gasteiger partial charge in [0.25, 0.3) is 0 Å². The molecule has 1 unspecified atom stereocenters. The standard InChI is InChI=1S/C50H56FN9O9/c1-26(2)42(56-49(63)65-4)46(61)58-16-6-7-37(58)44-52-24-35(54-44)30-9-11-33-38-20-31-19-29(10-12-36(31)60(38)48(69-41(33)21-30)40-13-8-27(3)68-40)34-23-53-45(55-34)39-22-32(51)25-59(39)47(62)43(57-50(64)66-5)28-14-17-67-18-15-28/h8-13,19-21,23-24,26,28,32,37,39,42-43,48H,6-7,14-18,22,25H2,1-5H3,(H,52,54)(H,53,55)(H,56,63)(H,57,64)/t32-,37+,39+,42+,43+,48?/m1/s1. The van der Waals surface area contributed by atoms with Gasteiger partial charge in [-0.2, -0.15) is 0 Å². The number of aromatic nitrogens is 5. The maximum atomic E-state index is 15.3. The number of furan rings is 1. The van der Waals surface area contributed by atoms with E-state index in [2.05, 4.69) is 42.3 Å². The third-order valence-corrected chi connectivity index (χ3v) is 13.9. The van der Waals surface area contributed by atoms with E-state index >= 15 is 4.39 Å². The molecule has 4 aliphatic heterocycles. The molecular formula is C50H56FN9O9. The van der Waals surface area contributed by atoms with Crippen molar-refractivity contribution in [3.05, 3.63) is 90.2 Å². The van der Waals surface area contributed by atoms with Crippen molar-refractivity contribution in [2.45, 2.75) is 89.4 Å². The van der Waals surface area contributed by atoms with Gasteiger partial charge in [-0.3, -0.25) is 14.2 Å². The lowest BCUT2D eigenvalue weighted by Gasteiger charge is -2.34. The summed E-state index contributed by atoms with van der Waals surface area (Å²) in [6, 6.07) is 15.5. The predicted octanol–water partition coefficient (Wildman–Crippen LogP) is 7.74. The van der Waals surface area contributed by atoms with E-state index in [0.29, 0.717) is 61.5 Å². The summed E-state index contributed by atoms with van der Waals surface area (Å²) in [5.41, 5.74) is 5.82. The minimum Gasteiger partial charge on any atom is -0.462 e. The van der Waals surface area contributed by atoms with Crippen LogP contribution in [0.3, 0.4) is 0 Å². The molecule has 19 heteroatoms. The van der Waals surface area contributed by atoms with Crippen LogP contribution >= 0.6 is 0 Å². The fourth-order valence-electron chi connectivity index (χ4n) is 10.4. The minimum absolute atomic E-state index is 0.0651. The van der Waals surface area contributed by atoms with Crippen LogP contribution < -0.4 is 15.4 Å². The van der Waals surface area contributed by atoms with Gasteiger partial charge in [-0.05, 0) is 86.9 Å². The number of likely N-dealkylation sites (tertiary alicyclic amines) is 2. The second-order valence-corrected chi connectivity index (χ2v) is 18.6. The summed E-state index contributed by atoms with van der Waals surface area (Å²) in [4.78, 5) is 72.1. The first-order valence-electron chi connectivity index (χ1n) is 23.5. The summed E-state index contributed by atoms with van der Waals surface area (Å²) < 4.78 is 45.6. The molecule has 2 aromatic carbocycles. The first-order valence-corrected chi connectivity index (χ1v) is 23.5. The summed E-state index contributed by atoms with van der Waals surface area (Å²) in [7, 11) is 2.53. The zero-order valence-corrected chi connectivity index (χ0v) is 39.1. The molecule has 362 valence electrons. The highest BCUT2D eigenvalue weighted by atomic mass is 19.1. The van der Waals surface area contributed by atoms with Crippen molar-refractivity contribution in [3.8, 4) is 39.5 Å². The van der Waals surface area contributed by atoms with Crippen LogP contribution in [-0.2, 0) is 23.8 Å². The Labute approximate surface area is 397 Å². The van der Waals surface area contributed by atoms with Gasteiger partial charge in [-0.25, -0.2) is 23.9 Å². The molecule has 18 nitrogen and oxygen atoms in total. The molecule has 0 radical (unpaired) electrons.